The van der Waals surface area contributed by atoms with Crippen molar-refractivity contribution in [3.05, 3.63) is 54.1 Å². The number of rotatable bonds is 6. The molecule has 4 rings (SSSR count). The molecule has 2 aromatic carbocycles. The summed E-state index contributed by atoms with van der Waals surface area (Å²) >= 11 is 0. The maximum absolute atomic E-state index is 12.3. The van der Waals surface area contributed by atoms with Gasteiger partial charge in [-0.15, -0.1) is 0 Å². The third-order valence-corrected chi connectivity index (χ3v) is 4.63. The van der Waals surface area contributed by atoms with E-state index >= 15 is 0 Å². The normalized spacial score (nSPS) is 20.9. The van der Waals surface area contributed by atoms with Crippen molar-refractivity contribution in [2.45, 2.75) is 25.0 Å². The zero-order valence-electron chi connectivity index (χ0n) is 15.1. The van der Waals surface area contributed by atoms with Crippen LogP contribution < -0.4 is 19.5 Å². The summed E-state index contributed by atoms with van der Waals surface area (Å²) in [5.74, 6) is 2.03. The van der Waals surface area contributed by atoms with Gasteiger partial charge in [0.25, 0.3) is 5.91 Å². The zero-order valence-corrected chi connectivity index (χ0v) is 15.1. The van der Waals surface area contributed by atoms with Gasteiger partial charge in [-0.2, -0.15) is 0 Å². The number of para-hydroxylation sites is 2. The SMILES string of the molecule is O=C(NC[C@@H]1COc2ccccc2O1)c1ccc(OC[C@@H]2CCCO2)cc1. The summed E-state index contributed by atoms with van der Waals surface area (Å²) in [7, 11) is 0. The average Bonchev–Trinajstić information content (AvgIpc) is 3.24. The lowest BCUT2D eigenvalue weighted by Gasteiger charge is -2.26. The maximum Gasteiger partial charge on any atom is 0.251 e. The highest BCUT2D eigenvalue weighted by molar-refractivity contribution is 5.94. The van der Waals surface area contributed by atoms with Gasteiger partial charge >= 0.3 is 0 Å². The lowest BCUT2D eigenvalue weighted by molar-refractivity contribution is 0.0679. The van der Waals surface area contributed by atoms with Gasteiger partial charge in [-0.05, 0) is 49.2 Å². The summed E-state index contributed by atoms with van der Waals surface area (Å²) in [5.41, 5.74) is 0.580. The van der Waals surface area contributed by atoms with Crippen LogP contribution in [0.15, 0.2) is 48.5 Å². The number of nitrogens with one attached hydrogen (secondary N) is 1. The van der Waals surface area contributed by atoms with Gasteiger partial charge in [0.15, 0.2) is 11.5 Å². The minimum absolute atomic E-state index is 0.150. The summed E-state index contributed by atoms with van der Waals surface area (Å²) < 4.78 is 22.8. The predicted octanol–water partition coefficient (Wildman–Crippen LogP) is 2.81. The lowest BCUT2D eigenvalue weighted by Crippen LogP contribution is -2.40. The Morgan fingerprint density at radius 3 is 2.67 bits per heavy atom. The summed E-state index contributed by atoms with van der Waals surface area (Å²) in [5, 5.41) is 2.89. The molecule has 27 heavy (non-hydrogen) atoms. The molecule has 1 fully saturated rings. The third-order valence-electron chi connectivity index (χ3n) is 4.63. The number of ether oxygens (including phenoxy) is 4. The van der Waals surface area contributed by atoms with E-state index < -0.39 is 0 Å². The van der Waals surface area contributed by atoms with Gasteiger partial charge in [-0.1, -0.05) is 12.1 Å². The van der Waals surface area contributed by atoms with E-state index in [9.17, 15) is 4.79 Å². The van der Waals surface area contributed by atoms with Crippen molar-refractivity contribution in [2.75, 3.05) is 26.4 Å². The van der Waals surface area contributed by atoms with Crippen LogP contribution in [-0.4, -0.2) is 44.5 Å². The van der Waals surface area contributed by atoms with Gasteiger partial charge in [0.05, 0.1) is 12.6 Å². The standard InChI is InChI=1S/C21H23NO5/c23-21(22-12-18-14-26-19-5-1-2-6-20(19)27-18)15-7-9-16(10-8-15)25-13-17-4-3-11-24-17/h1-2,5-10,17-18H,3-4,11-14H2,(H,22,23)/t17-,18+/m0/s1. The monoisotopic (exact) mass is 369 g/mol. The zero-order chi connectivity index (χ0) is 18.5. The molecule has 142 valence electrons. The highest BCUT2D eigenvalue weighted by Gasteiger charge is 2.21. The molecule has 0 spiro atoms. The minimum atomic E-state index is -0.210. The van der Waals surface area contributed by atoms with Crippen LogP contribution in [0.4, 0.5) is 0 Å². The van der Waals surface area contributed by atoms with Crippen molar-refractivity contribution in [3.8, 4) is 17.2 Å². The molecule has 6 nitrogen and oxygen atoms in total. The summed E-state index contributed by atoms with van der Waals surface area (Å²) in [6.07, 6.45) is 2.10. The summed E-state index contributed by atoms with van der Waals surface area (Å²) in [6, 6.07) is 14.7. The molecule has 1 saturated heterocycles. The van der Waals surface area contributed by atoms with Crippen LogP contribution in [0, 0.1) is 0 Å². The summed E-state index contributed by atoms with van der Waals surface area (Å²) in [4.78, 5) is 12.3. The van der Waals surface area contributed by atoms with Crippen molar-refractivity contribution in [3.63, 3.8) is 0 Å². The molecule has 0 saturated carbocycles. The van der Waals surface area contributed by atoms with E-state index in [1.165, 1.54) is 0 Å². The van der Waals surface area contributed by atoms with E-state index in [2.05, 4.69) is 5.32 Å². The molecule has 1 amide bonds. The fourth-order valence-corrected chi connectivity index (χ4v) is 3.14. The Balaban J connectivity index is 1.25. The van der Waals surface area contributed by atoms with Crippen LogP contribution in [-0.2, 0) is 4.74 Å². The molecule has 0 aliphatic carbocycles. The molecule has 0 aromatic heterocycles. The number of benzene rings is 2. The van der Waals surface area contributed by atoms with Gasteiger partial charge in [0.1, 0.15) is 25.1 Å². The smallest absolute Gasteiger partial charge is 0.251 e. The molecule has 0 bridgehead atoms. The Hall–Kier alpha value is -2.73. The van der Waals surface area contributed by atoms with Gasteiger partial charge in [0, 0.05) is 12.2 Å². The number of hydrogen-bond acceptors (Lipinski definition) is 5. The first kappa shape index (κ1) is 17.7. The topological polar surface area (TPSA) is 66.0 Å². The number of hydrogen-bond donors (Lipinski definition) is 1. The van der Waals surface area contributed by atoms with Crippen molar-refractivity contribution in [1.82, 2.24) is 5.32 Å². The van der Waals surface area contributed by atoms with Crippen molar-refractivity contribution < 1.29 is 23.7 Å². The molecule has 6 heteroatoms. The second-order valence-corrected chi connectivity index (χ2v) is 6.68. The number of carbonyl (C=O) groups excluding carboxylic acids is 1. The van der Waals surface area contributed by atoms with Crippen molar-refractivity contribution in [1.29, 1.82) is 0 Å². The van der Waals surface area contributed by atoms with Crippen LogP contribution in [0.2, 0.25) is 0 Å². The fourth-order valence-electron chi connectivity index (χ4n) is 3.14. The molecule has 1 N–H and O–H groups in total. The quantitative estimate of drug-likeness (QED) is 0.848. The van der Waals surface area contributed by atoms with Crippen LogP contribution >= 0.6 is 0 Å². The average molecular weight is 369 g/mol. The van der Waals surface area contributed by atoms with Gasteiger partial charge in [-0.3, -0.25) is 4.79 Å². The molecule has 2 aliphatic heterocycles. The van der Waals surface area contributed by atoms with Crippen molar-refractivity contribution in [2.24, 2.45) is 0 Å². The molecule has 0 unspecified atom stereocenters. The van der Waals surface area contributed by atoms with Crippen LogP contribution in [0.5, 0.6) is 17.2 Å². The second kappa shape index (κ2) is 8.31. The molecule has 2 heterocycles. The molecule has 2 aromatic rings. The third kappa shape index (κ3) is 4.52. The minimum Gasteiger partial charge on any atom is -0.491 e. The first-order valence-corrected chi connectivity index (χ1v) is 9.29. The van der Waals surface area contributed by atoms with Gasteiger partial charge in [-0.25, -0.2) is 0 Å². The fraction of sp³-hybridized carbons (Fsp3) is 0.381. The Morgan fingerprint density at radius 1 is 1.07 bits per heavy atom. The molecule has 2 aliphatic rings. The largest absolute Gasteiger partial charge is 0.491 e. The van der Waals surface area contributed by atoms with Crippen molar-refractivity contribution >= 4 is 5.91 Å². The Kier molecular flexibility index (Phi) is 5.44. The lowest BCUT2D eigenvalue weighted by atomic mass is 10.2. The first-order valence-electron chi connectivity index (χ1n) is 9.29. The number of fused-ring (bicyclic) bond motifs is 1. The number of carbonyl (C=O) groups is 1. The van der Waals surface area contributed by atoms with E-state index in [1.807, 2.05) is 24.3 Å². The Bertz CT molecular complexity index is 770. The molecular weight excluding hydrogens is 346 g/mol. The van der Waals surface area contributed by atoms with E-state index in [-0.39, 0.29) is 18.1 Å². The van der Waals surface area contributed by atoms with Crippen LogP contribution in [0.25, 0.3) is 0 Å². The highest BCUT2D eigenvalue weighted by atomic mass is 16.6. The first-order chi connectivity index (χ1) is 13.3. The predicted molar refractivity (Wildman–Crippen MR) is 99.6 cm³/mol. The van der Waals surface area contributed by atoms with E-state index in [4.69, 9.17) is 18.9 Å². The molecular formula is C21H23NO5. The Morgan fingerprint density at radius 2 is 1.89 bits per heavy atom. The second-order valence-electron chi connectivity index (χ2n) is 6.68. The van der Waals surface area contributed by atoms with Gasteiger partial charge in [0.2, 0.25) is 0 Å². The maximum atomic E-state index is 12.3. The van der Waals surface area contributed by atoms with E-state index in [0.29, 0.717) is 31.1 Å². The van der Waals surface area contributed by atoms with Crippen LogP contribution in [0.1, 0.15) is 23.2 Å². The highest BCUT2D eigenvalue weighted by Crippen LogP contribution is 2.30. The van der Waals surface area contributed by atoms with Crippen LogP contribution in [0.3, 0.4) is 0 Å². The Labute approximate surface area is 158 Å². The molecule has 2 atom stereocenters. The van der Waals surface area contributed by atoms with Gasteiger partial charge < -0.3 is 24.3 Å². The summed E-state index contributed by atoms with van der Waals surface area (Å²) in [6.45, 7) is 2.15. The van der Waals surface area contributed by atoms with E-state index in [0.717, 1.165) is 30.9 Å². The molecule has 0 radical (unpaired) electrons. The van der Waals surface area contributed by atoms with E-state index in [1.54, 1.807) is 24.3 Å². The number of amides is 1.